The summed E-state index contributed by atoms with van der Waals surface area (Å²) in [6.45, 7) is 2.12. The highest BCUT2D eigenvalue weighted by Gasteiger charge is 2.15. The van der Waals surface area contributed by atoms with Gasteiger partial charge >= 0.3 is 0 Å². The molecule has 3 N–H and O–H groups in total. The van der Waals surface area contributed by atoms with Crippen LogP contribution in [0.4, 0.5) is 0 Å². The molecule has 20 heavy (non-hydrogen) atoms. The predicted octanol–water partition coefficient (Wildman–Crippen LogP) is 0.985. The minimum absolute atomic E-state index is 0.374. The maximum Gasteiger partial charge on any atom is 0.268 e. The van der Waals surface area contributed by atoms with Crippen molar-refractivity contribution in [1.29, 1.82) is 0 Å². The van der Waals surface area contributed by atoms with Crippen LogP contribution in [0, 0.1) is 6.92 Å². The van der Waals surface area contributed by atoms with Crippen molar-refractivity contribution in [1.82, 2.24) is 20.4 Å². The second-order valence-electron chi connectivity index (χ2n) is 4.39. The third kappa shape index (κ3) is 2.04. The molecule has 0 saturated heterocycles. The molecule has 1 amide bonds. The van der Waals surface area contributed by atoms with Crippen molar-refractivity contribution >= 4 is 16.9 Å². The van der Waals surface area contributed by atoms with Gasteiger partial charge in [0.25, 0.3) is 5.91 Å². The van der Waals surface area contributed by atoms with Gasteiger partial charge in [0.15, 0.2) is 0 Å². The molecule has 2 aromatic heterocycles. The van der Waals surface area contributed by atoms with Crippen LogP contribution in [0.1, 0.15) is 21.9 Å². The van der Waals surface area contributed by atoms with E-state index in [4.69, 9.17) is 10.3 Å². The number of nitrogen functional groups attached to an aromatic ring is 1. The van der Waals surface area contributed by atoms with E-state index < -0.39 is 0 Å². The fraction of sp³-hybridized carbons (Fsp3) is 0.154. The summed E-state index contributed by atoms with van der Waals surface area (Å²) in [4.78, 5) is 11.5. The summed E-state index contributed by atoms with van der Waals surface area (Å²) in [6, 6.07) is 9.30. The Morgan fingerprint density at radius 2 is 2.25 bits per heavy atom. The zero-order valence-corrected chi connectivity index (χ0v) is 10.8. The normalized spacial score (nSPS) is 10.9. The maximum absolute atomic E-state index is 11.5. The number of fused-ring (bicyclic) bond motifs is 1. The van der Waals surface area contributed by atoms with Crippen molar-refractivity contribution in [3.63, 3.8) is 0 Å². The van der Waals surface area contributed by atoms with Gasteiger partial charge in [-0.05, 0) is 25.1 Å². The summed E-state index contributed by atoms with van der Waals surface area (Å²) < 4.78 is 7.27. The van der Waals surface area contributed by atoms with Crippen molar-refractivity contribution in [2.24, 2.45) is 5.84 Å². The van der Waals surface area contributed by atoms with Crippen molar-refractivity contribution in [3.05, 3.63) is 47.4 Å². The molecule has 3 aromatic rings. The number of hydrazine groups is 1. The Morgan fingerprint density at radius 3 is 3.05 bits per heavy atom. The first-order chi connectivity index (χ1) is 9.69. The Bertz CT molecular complexity index is 774. The van der Waals surface area contributed by atoms with E-state index in [1.807, 2.05) is 24.3 Å². The number of carbonyl (C=O) groups is 1. The van der Waals surface area contributed by atoms with E-state index in [0.717, 1.165) is 11.0 Å². The molecule has 7 heteroatoms. The van der Waals surface area contributed by atoms with Gasteiger partial charge in [-0.1, -0.05) is 17.3 Å². The number of benzene rings is 1. The van der Waals surface area contributed by atoms with Crippen LogP contribution in [-0.4, -0.2) is 20.9 Å². The SMILES string of the molecule is Cc1oc(Cn2nnc3ccccc32)cc1C(=O)NN. The van der Waals surface area contributed by atoms with Gasteiger partial charge in [0.05, 0.1) is 11.1 Å². The Morgan fingerprint density at radius 1 is 1.45 bits per heavy atom. The maximum atomic E-state index is 11.5. The highest BCUT2D eigenvalue weighted by atomic mass is 16.3. The first kappa shape index (κ1) is 12.4. The molecule has 0 aliphatic carbocycles. The summed E-state index contributed by atoms with van der Waals surface area (Å²) in [7, 11) is 0. The van der Waals surface area contributed by atoms with Crippen LogP contribution in [0.15, 0.2) is 34.7 Å². The number of para-hydroxylation sites is 1. The highest BCUT2D eigenvalue weighted by Crippen LogP contribution is 2.17. The van der Waals surface area contributed by atoms with Crippen molar-refractivity contribution < 1.29 is 9.21 Å². The lowest BCUT2D eigenvalue weighted by Crippen LogP contribution is -2.30. The van der Waals surface area contributed by atoms with Gasteiger partial charge in [0.1, 0.15) is 23.6 Å². The van der Waals surface area contributed by atoms with Gasteiger partial charge < -0.3 is 4.42 Å². The van der Waals surface area contributed by atoms with Crippen LogP contribution in [0.25, 0.3) is 11.0 Å². The molecule has 0 aliphatic rings. The summed E-state index contributed by atoms with van der Waals surface area (Å²) >= 11 is 0. The molecule has 102 valence electrons. The topological polar surface area (TPSA) is 99.0 Å². The number of amides is 1. The van der Waals surface area contributed by atoms with Gasteiger partial charge in [-0.25, -0.2) is 10.5 Å². The second kappa shape index (κ2) is 4.78. The molecule has 1 aromatic carbocycles. The van der Waals surface area contributed by atoms with Gasteiger partial charge in [0, 0.05) is 0 Å². The highest BCUT2D eigenvalue weighted by molar-refractivity contribution is 5.94. The van der Waals surface area contributed by atoms with Crippen molar-refractivity contribution in [3.8, 4) is 0 Å². The molecule has 0 atom stereocenters. The van der Waals surface area contributed by atoms with E-state index in [2.05, 4.69) is 15.7 Å². The zero-order valence-electron chi connectivity index (χ0n) is 10.8. The van der Waals surface area contributed by atoms with Crippen LogP contribution in [0.5, 0.6) is 0 Å². The van der Waals surface area contributed by atoms with Crippen molar-refractivity contribution in [2.75, 3.05) is 0 Å². The average molecular weight is 271 g/mol. The number of nitrogens with two attached hydrogens (primary N) is 1. The van der Waals surface area contributed by atoms with E-state index in [9.17, 15) is 4.79 Å². The number of hydrogen-bond acceptors (Lipinski definition) is 5. The summed E-state index contributed by atoms with van der Waals surface area (Å²) in [6.07, 6.45) is 0. The lowest BCUT2D eigenvalue weighted by atomic mass is 10.2. The number of aryl methyl sites for hydroxylation is 1. The zero-order chi connectivity index (χ0) is 14.1. The molecule has 0 unspecified atom stereocenters. The third-order valence-electron chi connectivity index (χ3n) is 3.07. The summed E-state index contributed by atoms with van der Waals surface area (Å²) in [5.41, 5.74) is 4.24. The fourth-order valence-electron chi connectivity index (χ4n) is 2.11. The number of nitrogens with zero attached hydrogens (tertiary/aromatic N) is 3. The Balaban J connectivity index is 1.93. The Hall–Kier alpha value is -2.67. The number of hydrogen-bond donors (Lipinski definition) is 2. The van der Waals surface area contributed by atoms with Gasteiger partial charge in [-0.15, -0.1) is 5.10 Å². The van der Waals surface area contributed by atoms with E-state index in [1.165, 1.54) is 0 Å². The first-order valence-corrected chi connectivity index (χ1v) is 6.07. The molecule has 0 aliphatic heterocycles. The number of aromatic nitrogens is 3. The molecule has 2 heterocycles. The van der Waals surface area contributed by atoms with E-state index in [1.54, 1.807) is 17.7 Å². The Kier molecular flexibility index (Phi) is 2.96. The molecule has 0 saturated carbocycles. The number of nitrogens with one attached hydrogen (secondary N) is 1. The number of carbonyl (C=O) groups excluding carboxylic acids is 1. The van der Waals surface area contributed by atoms with Gasteiger partial charge in [-0.3, -0.25) is 10.2 Å². The van der Waals surface area contributed by atoms with E-state index in [-0.39, 0.29) is 5.91 Å². The smallest absolute Gasteiger partial charge is 0.268 e. The Labute approximate surface area is 114 Å². The molecule has 0 bridgehead atoms. The molecule has 0 radical (unpaired) electrons. The molecular formula is C13H13N5O2. The van der Waals surface area contributed by atoms with Gasteiger partial charge in [0.2, 0.25) is 0 Å². The lowest BCUT2D eigenvalue weighted by Gasteiger charge is -1.98. The van der Waals surface area contributed by atoms with Gasteiger partial charge in [-0.2, -0.15) is 0 Å². The van der Waals surface area contributed by atoms with E-state index >= 15 is 0 Å². The minimum atomic E-state index is -0.374. The number of rotatable bonds is 3. The minimum Gasteiger partial charge on any atom is -0.464 e. The molecule has 3 rings (SSSR count). The molecule has 0 fully saturated rings. The monoisotopic (exact) mass is 271 g/mol. The lowest BCUT2D eigenvalue weighted by molar-refractivity contribution is 0.0952. The molecular weight excluding hydrogens is 258 g/mol. The second-order valence-corrected chi connectivity index (χ2v) is 4.39. The van der Waals surface area contributed by atoms with Crippen molar-refractivity contribution in [2.45, 2.75) is 13.5 Å². The first-order valence-electron chi connectivity index (χ1n) is 6.07. The van der Waals surface area contributed by atoms with Crippen LogP contribution >= 0.6 is 0 Å². The largest absolute Gasteiger partial charge is 0.464 e. The van der Waals surface area contributed by atoms with Crippen LogP contribution in [0.2, 0.25) is 0 Å². The van der Waals surface area contributed by atoms with E-state index in [0.29, 0.717) is 23.6 Å². The summed E-state index contributed by atoms with van der Waals surface area (Å²) in [5.74, 6) is 5.89. The quantitative estimate of drug-likeness (QED) is 0.420. The number of furan rings is 1. The summed E-state index contributed by atoms with van der Waals surface area (Å²) in [5, 5.41) is 8.14. The molecule has 7 nitrogen and oxygen atoms in total. The standard InChI is InChI=1S/C13H13N5O2/c1-8-10(13(19)15-14)6-9(20-8)7-18-12-5-3-2-4-11(12)16-17-18/h2-6H,7,14H2,1H3,(H,15,19). The van der Waals surface area contributed by atoms with Crippen LogP contribution in [0.3, 0.4) is 0 Å². The van der Waals surface area contributed by atoms with Crippen LogP contribution < -0.4 is 11.3 Å². The average Bonchev–Trinajstić information content (AvgIpc) is 3.03. The predicted molar refractivity (Wildman–Crippen MR) is 71.7 cm³/mol. The fourth-order valence-corrected chi connectivity index (χ4v) is 2.11. The third-order valence-corrected chi connectivity index (χ3v) is 3.07. The van der Waals surface area contributed by atoms with Crippen LogP contribution in [-0.2, 0) is 6.54 Å². The molecule has 0 spiro atoms.